The fraction of sp³-hybridized carbons (Fsp3) is 0.438. The second-order valence-electron chi connectivity index (χ2n) is 5.94. The fourth-order valence-electron chi connectivity index (χ4n) is 1.95. The molecule has 1 N–H and O–H groups in total. The van der Waals surface area contributed by atoms with Crippen LogP contribution in [-0.2, 0) is 6.54 Å². The molecule has 0 spiro atoms. The molecule has 2 rings (SSSR count). The number of halogens is 2. The molecule has 1 aromatic heterocycles. The normalized spacial score (nSPS) is 12.1. The van der Waals surface area contributed by atoms with Gasteiger partial charge in [-0.25, -0.2) is 13.8 Å². The Morgan fingerprint density at radius 1 is 1.24 bits per heavy atom. The molecule has 2 aromatic rings. The Bertz CT molecular complexity index is 609. The van der Waals surface area contributed by atoms with Gasteiger partial charge in [0.25, 0.3) is 6.43 Å². The number of rotatable bonds is 5. The molecule has 0 fully saturated rings. The number of para-hydroxylation sites is 1. The van der Waals surface area contributed by atoms with Crippen molar-refractivity contribution in [3.63, 3.8) is 0 Å². The van der Waals surface area contributed by atoms with E-state index in [1.54, 1.807) is 6.07 Å². The van der Waals surface area contributed by atoms with E-state index in [0.717, 1.165) is 16.5 Å². The molecule has 0 atom stereocenters. The Kier molecular flexibility index (Phi) is 4.73. The highest BCUT2D eigenvalue weighted by Gasteiger charge is 2.12. The van der Waals surface area contributed by atoms with E-state index in [1.807, 2.05) is 24.3 Å². The average molecular weight is 294 g/mol. The molecule has 0 radical (unpaired) electrons. The van der Waals surface area contributed by atoms with E-state index in [-0.39, 0.29) is 11.4 Å². The van der Waals surface area contributed by atoms with E-state index in [0.29, 0.717) is 6.54 Å². The van der Waals surface area contributed by atoms with Crippen molar-refractivity contribution < 1.29 is 13.5 Å². The van der Waals surface area contributed by atoms with E-state index in [2.05, 4.69) is 31.1 Å². The molecular formula is C16H20F2N2O. The number of pyridine rings is 1. The quantitative estimate of drug-likeness (QED) is 0.911. The summed E-state index contributed by atoms with van der Waals surface area (Å²) in [6.07, 6.45) is -2.51. The molecule has 0 saturated heterocycles. The van der Waals surface area contributed by atoms with Gasteiger partial charge in [0.15, 0.2) is 6.61 Å². The first kappa shape index (κ1) is 15.6. The summed E-state index contributed by atoms with van der Waals surface area (Å²) in [4.78, 5) is 4.27. The lowest BCUT2D eigenvalue weighted by Gasteiger charge is -2.21. The SMILES string of the molecule is CC(C)(C)NCc1cc(OCC(F)F)nc2ccccc12. The number of fused-ring (bicyclic) bond motifs is 1. The van der Waals surface area contributed by atoms with Gasteiger partial charge in [0.2, 0.25) is 5.88 Å². The van der Waals surface area contributed by atoms with Crippen molar-refractivity contribution >= 4 is 10.9 Å². The number of nitrogens with zero attached hydrogens (tertiary/aromatic N) is 1. The van der Waals surface area contributed by atoms with Crippen molar-refractivity contribution in [3.8, 4) is 5.88 Å². The number of alkyl halides is 2. The van der Waals surface area contributed by atoms with Crippen LogP contribution in [0.1, 0.15) is 26.3 Å². The highest BCUT2D eigenvalue weighted by atomic mass is 19.3. The highest BCUT2D eigenvalue weighted by Crippen LogP contribution is 2.23. The van der Waals surface area contributed by atoms with Crippen LogP contribution >= 0.6 is 0 Å². The third-order valence-electron chi connectivity index (χ3n) is 2.94. The lowest BCUT2D eigenvalue weighted by Crippen LogP contribution is -2.35. The van der Waals surface area contributed by atoms with E-state index in [1.165, 1.54) is 0 Å². The van der Waals surface area contributed by atoms with Crippen LogP contribution in [0.2, 0.25) is 0 Å². The molecule has 0 aliphatic carbocycles. The minimum Gasteiger partial charge on any atom is -0.472 e. The summed E-state index contributed by atoms with van der Waals surface area (Å²) in [6.45, 7) is 6.20. The third-order valence-corrected chi connectivity index (χ3v) is 2.94. The van der Waals surface area contributed by atoms with Crippen LogP contribution in [-0.4, -0.2) is 23.6 Å². The summed E-state index contributed by atoms with van der Waals surface area (Å²) in [5, 5.41) is 4.39. The monoisotopic (exact) mass is 294 g/mol. The molecule has 21 heavy (non-hydrogen) atoms. The molecule has 0 unspecified atom stereocenters. The van der Waals surface area contributed by atoms with Crippen LogP contribution in [0.4, 0.5) is 8.78 Å². The van der Waals surface area contributed by atoms with Crippen LogP contribution in [0, 0.1) is 0 Å². The zero-order valence-corrected chi connectivity index (χ0v) is 12.5. The van der Waals surface area contributed by atoms with Gasteiger partial charge >= 0.3 is 0 Å². The number of ether oxygens (including phenoxy) is 1. The maximum Gasteiger partial charge on any atom is 0.272 e. The van der Waals surface area contributed by atoms with E-state index >= 15 is 0 Å². The Morgan fingerprint density at radius 2 is 1.95 bits per heavy atom. The van der Waals surface area contributed by atoms with Crippen LogP contribution in [0.5, 0.6) is 5.88 Å². The molecule has 1 aromatic carbocycles. The number of benzene rings is 1. The van der Waals surface area contributed by atoms with Crippen molar-refractivity contribution in [1.29, 1.82) is 0 Å². The topological polar surface area (TPSA) is 34.1 Å². The minimum absolute atomic E-state index is 0.0334. The van der Waals surface area contributed by atoms with E-state index in [9.17, 15) is 8.78 Å². The molecule has 0 saturated carbocycles. The zero-order chi connectivity index (χ0) is 15.5. The lowest BCUT2D eigenvalue weighted by atomic mass is 10.1. The molecule has 0 aliphatic rings. The summed E-state index contributed by atoms with van der Waals surface area (Å²) >= 11 is 0. The summed E-state index contributed by atoms with van der Waals surface area (Å²) in [7, 11) is 0. The van der Waals surface area contributed by atoms with E-state index < -0.39 is 13.0 Å². The lowest BCUT2D eigenvalue weighted by molar-refractivity contribution is 0.0797. The third kappa shape index (κ3) is 4.63. The van der Waals surface area contributed by atoms with Gasteiger partial charge in [-0.3, -0.25) is 0 Å². The standard InChI is InChI=1S/C16H20F2N2O/c1-16(2,3)19-9-11-8-15(21-10-14(17)18)20-13-7-5-4-6-12(11)13/h4-8,14,19H,9-10H2,1-3H3. The number of hydrogen-bond donors (Lipinski definition) is 1. The molecule has 1 heterocycles. The second-order valence-corrected chi connectivity index (χ2v) is 5.94. The molecule has 5 heteroatoms. The number of aromatic nitrogens is 1. The van der Waals surface area contributed by atoms with Gasteiger partial charge in [-0.15, -0.1) is 0 Å². The van der Waals surface area contributed by atoms with Crippen molar-refractivity contribution in [2.75, 3.05) is 6.61 Å². The first-order valence-corrected chi connectivity index (χ1v) is 6.90. The smallest absolute Gasteiger partial charge is 0.272 e. The van der Waals surface area contributed by atoms with Gasteiger partial charge < -0.3 is 10.1 Å². The van der Waals surface area contributed by atoms with Crippen molar-refractivity contribution in [3.05, 3.63) is 35.9 Å². The first-order chi connectivity index (χ1) is 9.85. The van der Waals surface area contributed by atoms with Crippen LogP contribution < -0.4 is 10.1 Å². The second kappa shape index (κ2) is 6.35. The first-order valence-electron chi connectivity index (χ1n) is 6.90. The predicted molar refractivity (Wildman–Crippen MR) is 79.8 cm³/mol. The molecule has 114 valence electrons. The number of hydrogen-bond acceptors (Lipinski definition) is 3. The van der Waals surface area contributed by atoms with E-state index in [4.69, 9.17) is 4.74 Å². The van der Waals surface area contributed by atoms with Gasteiger partial charge in [-0.1, -0.05) is 18.2 Å². The van der Waals surface area contributed by atoms with Crippen LogP contribution in [0.25, 0.3) is 10.9 Å². The van der Waals surface area contributed by atoms with Crippen LogP contribution in [0.15, 0.2) is 30.3 Å². The maximum atomic E-state index is 12.3. The Balaban J connectivity index is 2.31. The van der Waals surface area contributed by atoms with Crippen LogP contribution in [0.3, 0.4) is 0 Å². The highest BCUT2D eigenvalue weighted by molar-refractivity contribution is 5.82. The Hall–Kier alpha value is -1.75. The predicted octanol–water partition coefficient (Wildman–Crippen LogP) is 3.77. The summed E-state index contributed by atoms with van der Waals surface area (Å²) in [6, 6.07) is 9.35. The van der Waals surface area contributed by atoms with Crippen molar-refractivity contribution in [2.24, 2.45) is 0 Å². The molecule has 0 amide bonds. The zero-order valence-electron chi connectivity index (χ0n) is 12.5. The summed E-state index contributed by atoms with van der Waals surface area (Å²) in [5.41, 5.74) is 1.70. The largest absolute Gasteiger partial charge is 0.472 e. The fourth-order valence-corrected chi connectivity index (χ4v) is 1.95. The summed E-state index contributed by atoms with van der Waals surface area (Å²) in [5.74, 6) is 0.236. The van der Waals surface area contributed by atoms with Gasteiger partial charge in [-0.05, 0) is 32.4 Å². The van der Waals surface area contributed by atoms with Gasteiger partial charge in [0, 0.05) is 23.5 Å². The van der Waals surface area contributed by atoms with Gasteiger partial charge in [-0.2, -0.15) is 0 Å². The van der Waals surface area contributed by atoms with Gasteiger partial charge in [0.1, 0.15) is 0 Å². The summed E-state index contributed by atoms with van der Waals surface area (Å²) < 4.78 is 29.6. The Morgan fingerprint density at radius 3 is 2.62 bits per heavy atom. The van der Waals surface area contributed by atoms with Crippen molar-refractivity contribution in [2.45, 2.75) is 39.3 Å². The van der Waals surface area contributed by atoms with Crippen molar-refractivity contribution in [1.82, 2.24) is 10.3 Å². The molecular weight excluding hydrogens is 274 g/mol. The maximum absolute atomic E-state index is 12.3. The Labute approximate surface area is 123 Å². The minimum atomic E-state index is -2.51. The number of nitrogens with one attached hydrogen (secondary N) is 1. The molecule has 3 nitrogen and oxygen atoms in total. The van der Waals surface area contributed by atoms with Gasteiger partial charge in [0.05, 0.1) is 5.52 Å². The molecule has 0 bridgehead atoms. The average Bonchev–Trinajstić information content (AvgIpc) is 2.41. The molecule has 0 aliphatic heterocycles.